The zero-order valence-electron chi connectivity index (χ0n) is 88.0. The lowest BCUT2D eigenvalue weighted by atomic mass is 10.2. The summed E-state index contributed by atoms with van der Waals surface area (Å²) in [5, 5.41) is 9.60. The zero-order valence-corrected chi connectivity index (χ0v) is 95.5. The summed E-state index contributed by atoms with van der Waals surface area (Å²) in [6, 6.07) is 42.7. The maximum atomic E-state index is 8.70. The minimum absolute atomic E-state index is 0. The number of rotatable bonds is 72. The molecule has 143 heavy (non-hydrogen) atoms. The van der Waals surface area contributed by atoms with Crippen molar-refractivity contribution in [3.63, 3.8) is 0 Å². The van der Waals surface area contributed by atoms with Gasteiger partial charge < -0.3 is 149 Å². The van der Waals surface area contributed by atoms with Gasteiger partial charge in [0.15, 0.2) is 0 Å². The van der Waals surface area contributed by atoms with E-state index in [1.165, 1.54) is 29.9 Å². The molecule has 39 heteroatoms. The lowest BCUT2D eigenvalue weighted by Gasteiger charge is -2.30. The van der Waals surface area contributed by atoms with E-state index in [0.717, 1.165) is 188 Å². The van der Waals surface area contributed by atoms with Crippen LogP contribution < -0.4 is 44.3 Å². The summed E-state index contributed by atoms with van der Waals surface area (Å²) in [6.07, 6.45) is 12.3. The first-order valence-electron chi connectivity index (χ1n) is 51.8. The summed E-state index contributed by atoms with van der Waals surface area (Å²) >= 11 is 8.40. The van der Waals surface area contributed by atoms with Crippen molar-refractivity contribution in [3.05, 3.63) is 147 Å². The average molecular weight is 2190 g/mol. The Hall–Kier alpha value is -5.45. The van der Waals surface area contributed by atoms with Crippen LogP contribution in [0.15, 0.2) is 147 Å². The van der Waals surface area contributed by atoms with Crippen LogP contribution in [-0.2, 0) is 99.5 Å². The number of ether oxygens (including phenoxy) is 11. The molecule has 5 aromatic carbocycles. The number of phenolic OH excluding ortho intramolecular Hbond substituents is 1. The van der Waals surface area contributed by atoms with Gasteiger partial charge in [0.25, 0.3) is 0 Å². The number of allylic oxidation sites excluding steroid dienone is 1. The van der Waals surface area contributed by atoms with E-state index in [2.05, 4.69) is 109 Å². The Morgan fingerprint density at radius 1 is 0.357 bits per heavy atom. The highest BCUT2D eigenvalue weighted by Crippen LogP contribution is 2.35. The molecule has 5 aromatic rings. The summed E-state index contributed by atoms with van der Waals surface area (Å²) in [4.78, 5) is 9.47. The quantitative estimate of drug-likeness (QED) is 0.00694. The molecule has 0 radical (unpaired) electrons. The van der Waals surface area contributed by atoms with Crippen LogP contribution in [0.2, 0.25) is 24.2 Å². The van der Waals surface area contributed by atoms with Crippen LogP contribution in [-0.4, -0.2) is 328 Å². The lowest BCUT2D eigenvalue weighted by Crippen LogP contribution is -2.46. The van der Waals surface area contributed by atoms with Crippen molar-refractivity contribution >= 4 is 101 Å². The predicted molar refractivity (Wildman–Crippen MR) is 584 cm³/mol. The van der Waals surface area contributed by atoms with Crippen molar-refractivity contribution < 1.29 is 124 Å². The number of hydrogen-bond acceptors (Lipinski definition) is 32. The Labute approximate surface area is 877 Å². The van der Waals surface area contributed by atoms with E-state index in [1.54, 1.807) is 30.3 Å². The van der Waals surface area contributed by atoms with E-state index >= 15 is 0 Å². The Morgan fingerprint density at radius 2 is 0.615 bits per heavy atom. The third-order valence-electron chi connectivity index (χ3n) is 21.8. The van der Waals surface area contributed by atoms with Crippen LogP contribution in [0, 0.1) is 5.92 Å². The molecular formula is C104H179BrClN5O27Si5. The van der Waals surface area contributed by atoms with Crippen LogP contribution in [0.1, 0.15) is 150 Å². The first kappa shape index (κ1) is 128. The largest absolute Gasteiger partial charge is 0.508 e. The van der Waals surface area contributed by atoms with Crippen molar-refractivity contribution in [1.29, 1.82) is 0 Å². The van der Waals surface area contributed by atoms with Crippen LogP contribution >= 0.6 is 27.5 Å². The number of phenols is 1. The number of nitrogens with zero attached hydrogens (tertiary/aromatic N) is 4. The number of anilines is 5. The van der Waals surface area contributed by atoms with Crippen molar-refractivity contribution in [2.45, 2.75) is 217 Å². The van der Waals surface area contributed by atoms with Gasteiger partial charge in [-0.2, -0.15) is 0 Å². The fraction of sp³-hybridized carbons (Fsp3) is 0.673. The zero-order chi connectivity index (χ0) is 103. The van der Waals surface area contributed by atoms with Gasteiger partial charge in [0.2, 0.25) is 0 Å². The molecule has 0 bridgehead atoms. The Bertz CT molecular complexity index is 3830. The highest BCUT2D eigenvalue weighted by Gasteiger charge is 2.44. The monoisotopic (exact) mass is 2180 g/mol. The number of epoxide rings is 7. The van der Waals surface area contributed by atoms with Gasteiger partial charge in [-0.3, -0.25) is 0 Å². The number of alkyl halides is 2. The average Bonchev–Trinajstić information content (AvgIpc) is 1.72. The smallest absolute Gasteiger partial charge is 0.501 e. The van der Waals surface area contributed by atoms with Gasteiger partial charge in [0, 0.05) is 209 Å². The van der Waals surface area contributed by atoms with Crippen molar-refractivity contribution in [2.24, 2.45) is 5.92 Å². The fourth-order valence-corrected chi connectivity index (χ4v) is 26.1. The summed E-state index contributed by atoms with van der Waals surface area (Å²) in [6.45, 7) is 62.0. The first-order chi connectivity index (χ1) is 69.2. The molecule has 0 amide bonds. The van der Waals surface area contributed by atoms with E-state index in [4.69, 9.17) is 141 Å². The molecule has 0 aromatic heterocycles. The van der Waals surface area contributed by atoms with Gasteiger partial charge in [-0.05, 0) is 270 Å². The fourth-order valence-electron chi connectivity index (χ4n) is 14.5. The van der Waals surface area contributed by atoms with Crippen molar-refractivity contribution in [2.75, 3.05) is 261 Å². The van der Waals surface area contributed by atoms with Crippen LogP contribution in [0.5, 0.6) is 28.7 Å². The lowest BCUT2D eigenvalue weighted by molar-refractivity contribution is 0.0689. The first-order valence-corrected chi connectivity index (χ1v) is 62.6. The molecule has 7 atom stereocenters. The number of halogens is 2. The molecule has 8 fully saturated rings. The summed E-state index contributed by atoms with van der Waals surface area (Å²) in [5.74, 6) is 5.29. The minimum Gasteiger partial charge on any atom is -0.508 e. The highest BCUT2D eigenvalue weighted by molar-refractivity contribution is 9.09. The molecule has 0 spiro atoms. The van der Waals surface area contributed by atoms with E-state index < -0.39 is 44.7 Å². The van der Waals surface area contributed by atoms with E-state index in [9.17, 15) is 0 Å². The SMILES string of the molecule is C.C=CCBr.C=CCN(CC1CO1)c1ccc(OCC2CO2)cc1.CCO[SiH](OCC)OCC.CCO[Si](CCCN(CC1CO1)c1ccc(OCC2CO2)cc1)(OCC)OCC.CCO[Si](CCCOc1ccc(N(CC2CC2)CC2CO2)cc1)(OCC)OCC.CCO[Si](CCCOc1ccc(N(CCC[Si](OCC)(OCC)OCC)CC2CO2)cc1)(OCC)OCC.ClCC1CO1.Nc1ccc(O)cc1. The number of hydrogen-bond donors (Lipinski definition) is 2. The molecule has 7 saturated heterocycles. The van der Waals surface area contributed by atoms with E-state index in [1.807, 2.05) is 146 Å². The molecule has 816 valence electrons. The molecule has 7 heterocycles. The van der Waals surface area contributed by atoms with Crippen LogP contribution in [0.4, 0.5) is 28.4 Å². The van der Waals surface area contributed by atoms with E-state index in [-0.39, 0.29) is 19.3 Å². The maximum Gasteiger partial charge on any atom is 0.501 e. The second-order valence-electron chi connectivity index (χ2n) is 33.6. The van der Waals surface area contributed by atoms with Gasteiger partial charge >= 0.3 is 44.7 Å². The van der Waals surface area contributed by atoms with Crippen LogP contribution in [0.25, 0.3) is 0 Å². The van der Waals surface area contributed by atoms with Gasteiger partial charge in [-0.1, -0.05) is 35.5 Å². The molecule has 1 aliphatic carbocycles. The molecular weight excluding hydrogens is 2010 g/mol. The molecule has 7 unspecified atom stereocenters. The summed E-state index contributed by atoms with van der Waals surface area (Å²) in [7, 11) is -12.2. The van der Waals surface area contributed by atoms with Gasteiger partial charge in [-0.25, -0.2) is 0 Å². The Kier molecular flexibility index (Phi) is 68.1. The third-order valence-corrected chi connectivity index (χ3v) is 37.0. The maximum absolute atomic E-state index is 8.70. The number of benzene rings is 5. The van der Waals surface area contributed by atoms with E-state index in [0.29, 0.717) is 174 Å². The third kappa shape index (κ3) is 57.4. The minimum atomic E-state index is -2.65. The van der Waals surface area contributed by atoms with Gasteiger partial charge in [-0.15, -0.1) is 24.8 Å². The van der Waals surface area contributed by atoms with Gasteiger partial charge in [0.1, 0.15) is 54.2 Å². The second-order valence-corrected chi connectivity index (χ2v) is 47.1. The topological polar surface area (TPSA) is 322 Å². The summed E-state index contributed by atoms with van der Waals surface area (Å²) in [5.41, 5.74) is 10.7. The molecule has 3 N–H and O–H groups in total. The molecule has 32 nitrogen and oxygen atoms in total. The number of nitrogens with two attached hydrogens (primary N) is 1. The second kappa shape index (κ2) is 76.1. The molecule has 13 rings (SSSR count). The van der Waals surface area contributed by atoms with Crippen LogP contribution in [0.3, 0.4) is 0 Å². The molecule has 1 saturated carbocycles. The Balaban J connectivity index is 0.000000311. The van der Waals surface area contributed by atoms with Crippen molar-refractivity contribution in [1.82, 2.24) is 0 Å². The number of aromatic hydroxyl groups is 1. The predicted octanol–water partition coefficient (Wildman–Crippen LogP) is 18.8. The Morgan fingerprint density at radius 3 is 0.853 bits per heavy atom. The summed E-state index contributed by atoms with van der Waals surface area (Å²) < 4.78 is 147. The molecule has 8 aliphatic rings. The number of nitrogen functional groups attached to an aromatic ring is 1. The normalized spacial score (nSPS) is 17.9. The van der Waals surface area contributed by atoms with Crippen molar-refractivity contribution in [3.8, 4) is 28.7 Å². The highest BCUT2D eigenvalue weighted by atomic mass is 79.9. The van der Waals surface area contributed by atoms with Gasteiger partial charge in [0.05, 0.1) is 95.9 Å². The molecule has 7 aliphatic heterocycles. The standard InChI is InChI=1S/C27H51NO8Si2.C22H37NO5Si.C21H35NO6Si.C15H19NO3.C6H7NO.C6H16O3Si.C3H5Br.C3H5ClO.CH4/c1-7-31-37(32-8-2,33-9-3)21-13-19-28(23-27-24-30-27)25-15-17-26(18-16-25)29-20-14-22-38(34-10-4,35-11-5)36-12-6;1-4-26-29(27-5-2,28-6-3)15-7-14-24-21-12-10-20(11-13-21)23(16-19-8-9-19)17-22-18-25-22;1-4-26-29(27-5-2,28-6-3)13-7-12-22(14-20-15-24-20)18-8-10-19(11-9-18)23-16-21-17-25-21;1-2-7-16(8-14-9-18-14)12-3-5-13(6-4-12)17-10-15-11-19-15;7-5-1-3-6(8)4-2-5;1-4-7-10(8-5-2)9-6-3;1-2-3-4;4-1-3-2-5-3;/h15-18,27H,7-14,19-24H2,1-6H3;10-13,19,22H,4-9,14-18H2,1-3H3;8-11,20-21H,4-7,12-17H2,1-3H3;2-6,14-15H,1,7-11H2;1-4,8H,7H2;10H,4-6H2,1-3H3;2H,1,3H2;3H,1-2H2;1H4.